The molecule has 2 aliphatic rings. The third kappa shape index (κ3) is 4.59. The Balaban J connectivity index is 1.54. The molecule has 2 unspecified atom stereocenters. The molecule has 1 heterocycles. The zero-order valence-corrected chi connectivity index (χ0v) is 14.7. The minimum Gasteiger partial charge on any atom is -0.392 e. The van der Waals surface area contributed by atoms with Crippen LogP contribution in [0.25, 0.3) is 0 Å². The molecular weight excluding hydrogens is 314 g/mol. The molecule has 1 aromatic carbocycles. The molecule has 5 nitrogen and oxygen atoms in total. The average Bonchev–Trinajstić information content (AvgIpc) is 3.02. The maximum Gasteiger partial charge on any atom is 0.225 e. The van der Waals surface area contributed by atoms with E-state index in [1.165, 1.54) is 32.1 Å². The van der Waals surface area contributed by atoms with E-state index in [1.54, 1.807) is 18.2 Å². The van der Waals surface area contributed by atoms with E-state index in [0.717, 1.165) is 6.42 Å². The van der Waals surface area contributed by atoms with Crippen molar-refractivity contribution in [1.29, 1.82) is 5.26 Å². The zero-order chi connectivity index (χ0) is 17.6. The monoisotopic (exact) mass is 341 g/mol. The maximum absolute atomic E-state index is 12.3. The van der Waals surface area contributed by atoms with Gasteiger partial charge in [-0.1, -0.05) is 31.4 Å². The number of anilines is 1. The topological polar surface area (TPSA) is 76.4 Å². The first-order valence-corrected chi connectivity index (χ1v) is 9.38. The van der Waals surface area contributed by atoms with Gasteiger partial charge in [0.25, 0.3) is 0 Å². The van der Waals surface area contributed by atoms with Gasteiger partial charge in [-0.3, -0.25) is 9.69 Å². The molecule has 1 saturated carbocycles. The summed E-state index contributed by atoms with van der Waals surface area (Å²) in [6, 6.07) is 9.56. The van der Waals surface area contributed by atoms with Crippen LogP contribution < -0.4 is 5.32 Å². The molecule has 0 spiro atoms. The molecular formula is C20H27N3O2. The zero-order valence-electron chi connectivity index (χ0n) is 14.7. The molecule has 1 saturated heterocycles. The lowest BCUT2D eigenvalue weighted by molar-refractivity contribution is -0.116. The first-order valence-electron chi connectivity index (χ1n) is 9.38. The fourth-order valence-electron chi connectivity index (χ4n) is 4.32. The lowest BCUT2D eigenvalue weighted by atomic mass is 9.82. The number of β-amino-alcohol motifs (C(OH)–C–C–N with tert-alkyl or cyclic N) is 1. The van der Waals surface area contributed by atoms with E-state index < -0.39 is 0 Å². The summed E-state index contributed by atoms with van der Waals surface area (Å²) in [7, 11) is 0. The summed E-state index contributed by atoms with van der Waals surface area (Å²) in [5, 5.41) is 22.0. The quantitative estimate of drug-likeness (QED) is 0.863. The van der Waals surface area contributed by atoms with Crippen LogP contribution in [-0.4, -0.2) is 41.1 Å². The molecule has 3 rings (SSSR count). The van der Waals surface area contributed by atoms with Crippen molar-refractivity contribution in [3.8, 4) is 6.07 Å². The van der Waals surface area contributed by atoms with Gasteiger partial charge in [0.1, 0.15) is 6.07 Å². The van der Waals surface area contributed by atoms with E-state index in [2.05, 4.69) is 16.3 Å². The third-order valence-corrected chi connectivity index (χ3v) is 5.57. The number of amides is 1. The van der Waals surface area contributed by atoms with E-state index in [4.69, 9.17) is 5.26 Å². The summed E-state index contributed by atoms with van der Waals surface area (Å²) in [5.41, 5.74) is 1.05. The van der Waals surface area contributed by atoms with Crippen molar-refractivity contribution in [2.45, 2.75) is 57.1 Å². The molecule has 1 aromatic rings. The number of aliphatic hydroxyl groups excluding tert-OH is 1. The number of hydrogen-bond donors (Lipinski definition) is 2. The van der Waals surface area contributed by atoms with Crippen molar-refractivity contribution in [2.24, 2.45) is 5.92 Å². The Morgan fingerprint density at radius 3 is 2.80 bits per heavy atom. The Labute approximate surface area is 149 Å². The Morgan fingerprint density at radius 1 is 1.28 bits per heavy atom. The highest BCUT2D eigenvalue weighted by Crippen LogP contribution is 2.34. The molecule has 1 aliphatic carbocycles. The molecule has 134 valence electrons. The molecule has 2 fully saturated rings. The van der Waals surface area contributed by atoms with Gasteiger partial charge in [0, 0.05) is 25.6 Å². The van der Waals surface area contributed by atoms with E-state index in [9.17, 15) is 9.90 Å². The molecule has 0 bridgehead atoms. The van der Waals surface area contributed by atoms with Gasteiger partial charge in [-0.15, -0.1) is 0 Å². The number of likely N-dealkylation sites (tertiary alicyclic amines) is 1. The second-order valence-corrected chi connectivity index (χ2v) is 7.31. The molecule has 1 amide bonds. The SMILES string of the molecule is N#Cc1ccccc1NC(=O)CCN1CC(O)CC1C1CCCCC1. The number of nitrogens with zero attached hydrogens (tertiary/aromatic N) is 2. The number of nitriles is 1. The number of nitrogens with one attached hydrogen (secondary N) is 1. The average molecular weight is 341 g/mol. The molecule has 0 aromatic heterocycles. The first kappa shape index (κ1) is 17.9. The Morgan fingerprint density at radius 2 is 2.04 bits per heavy atom. The summed E-state index contributed by atoms with van der Waals surface area (Å²) in [6.45, 7) is 1.34. The van der Waals surface area contributed by atoms with Crippen molar-refractivity contribution in [2.75, 3.05) is 18.4 Å². The first-order chi connectivity index (χ1) is 12.2. The molecule has 1 aliphatic heterocycles. The van der Waals surface area contributed by atoms with Crippen molar-refractivity contribution in [3.63, 3.8) is 0 Å². The number of para-hydroxylation sites is 1. The summed E-state index contributed by atoms with van der Waals surface area (Å²) < 4.78 is 0. The largest absolute Gasteiger partial charge is 0.392 e. The van der Waals surface area contributed by atoms with Crippen LogP contribution in [0.4, 0.5) is 5.69 Å². The van der Waals surface area contributed by atoms with Gasteiger partial charge < -0.3 is 10.4 Å². The van der Waals surface area contributed by atoms with Crippen LogP contribution in [0.5, 0.6) is 0 Å². The number of aliphatic hydroxyl groups is 1. The highest BCUT2D eigenvalue weighted by molar-refractivity contribution is 5.92. The number of carbonyl (C=O) groups is 1. The van der Waals surface area contributed by atoms with Gasteiger partial charge in [0.15, 0.2) is 0 Å². The smallest absolute Gasteiger partial charge is 0.225 e. The molecule has 25 heavy (non-hydrogen) atoms. The van der Waals surface area contributed by atoms with Crippen LogP contribution in [0, 0.1) is 17.2 Å². The minimum absolute atomic E-state index is 0.0773. The summed E-state index contributed by atoms with van der Waals surface area (Å²) >= 11 is 0. The molecule has 2 atom stereocenters. The van der Waals surface area contributed by atoms with E-state index >= 15 is 0 Å². The predicted molar refractivity (Wildman–Crippen MR) is 97.0 cm³/mol. The van der Waals surface area contributed by atoms with Gasteiger partial charge in [0.05, 0.1) is 17.4 Å². The summed E-state index contributed by atoms with van der Waals surface area (Å²) in [6.07, 6.45) is 7.35. The number of carbonyl (C=O) groups excluding carboxylic acids is 1. The molecule has 0 radical (unpaired) electrons. The van der Waals surface area contributed by atoms with Crippen LogP contribution in [-0.2, 0) is 4.79 Å². The van der Waals surface area contributed by atoms with E-state index in [1.807, 2.05) is 6.07 Å². The van der Waals surface area contributed by atoms with Crippen LogP contribution in [0.2, 0.25) is 0 Å². The van der Waals surface area contributed by atoms with Crippen molar-refractivity contribution in [1.82, 2.24) is 4.90 Å². The summed E-state index contributed by atoms with van der Waals surface area (Å²) in [5.74, 6) is 0.583. The van der Waals surface area contributed by atoms with Crippen molar-refractivity contribution in [3.05, 3.63) is 29.8 Å². The number of benzene rings is 1. The Bertz CT molecular complexity index is 634. The van der Waals surface area contributed by atoms with E-state index in [-0.39, 0.29) is 12.0 Å². The Kier molecular flexibility index (Phi) is 6.06. The molecule has 2 N–H and O–H groups in total. The van der Waals surface area contributed by atoms with Gasteiger partial charge in [-0.25, -0.2) is 0 Å². The van der Waals surface area contributed by atoms with E-state index in [0.29, 0.717) is 42.7 Å². The van der Waals surface area contributed by atoms with Crippen LogP contribution in [0.1, 0.15) is 50.5 Å². The molecule has 5 heteroatoms. The summed E-state index contributed by atoms with van der Waals surface area (Å²) in [4.78, 5) is 14.6. The van der Waals surface area contributed by atoms with Crippen molar-refractivity contribution >= 4 is 11.6 Å². The Hall–Kier alpha value is -1.90. The number of rotatable bonds is 5. The second kappa shape index (κ2) is 8.46. The predicted octanol–water partition coefficient (Wildman–Crippen LogP) is 2.90. The highest BCUT2D eigenvalue weighted by atomic mass is 16.3. The van der Waals surface area contributed by atoms with Crippen LogP contribution >= 0.6 is 0 Å². The lowest BCUT2D eigenvalue weighted by Crippen LogP contribution is -2.38. The van der Waals surface area contributed by atoms with Gasteiger partial charge in [0.2, 0.25) is 5.91 Å². The van der Waals surface area contributed by atoms with Crippen LogP contribution in [0.3, 0.4) is 0 Å². The van der Waals surface area contributed by atoms with Gasteiger partial charge >= 0.3 is 0 Å². The highest BCUT2D eigenvalue weighted by Gasteiger charge is 2.36. The fourth-order valence-corrected chi connectivity index (χ4v) is 4.32. The second-order valence-electron chi connectivity index (χ2n) is 7.31. The fraction of sp³-hybridized carbons (Fsp3) is 0.600. The van der Waals surface area contributed by atoms with Gasteiger partial charge in [-0.2, -0.15) is 5.26 Å². The number of hydrogen-bond acceptors (Lipinski definition) is 4. The minimum atomic E-state index is -0.269. The van der Waals surface area contributed by atoms with Crippen molar-refractivity contribution < 1.29 is 9.90 Å². The van der Waals surface area contributed by atoms with Crippen LogP contribution in [0.15, 0.2) is 24.3 Å². The lowest BCUT2D eigenvalue weighted by Gasteiger charge is -2.33. The normalized spacial score (nSPS) is 24.8. The maximum atomic E-state index is 12.3. The van der Waals surface area contributed by atoms with Gasteiger partial charge in [-0.05, 0) is 37.3 Å². The third-order valence-electron chi connectivity index (χ3n) is 5.57. The standard InChI is InChI=1S/C20H27N3O2/c21-13-16-8-4-5-9-18(16)22-20(25)10-11-23-14-17(24)12-19(23)15-6-2-1-3-7-15/h4-5,8-9,15,17,19,24H,1-3,6-7,10-12,14H2,(H,22,25).